The maximum absolute atomic E-state index is 13.1. The van der Waals surface area contributed by atoms with Crippen LogP contribution in [-0.4, -0.2) is 24.5 Å². The predicted octanol–water partition coefficient (Wildman–Crippen LogP) is 1.32. The molecule has 1 heterocycles. The van der Waals surface area contributed by atoms with Gasteiger partial charge in [0.1, 0.15) is 12.1 Å². The summed E-state index contributed by atoms with van der Waals surface area (Å²) in [5.41, 5.74) is 0.238. The number of ketones is 1. The van der Waals surface area contributed by atoms with Crippen molar-refractivity contribution in [3.8, 4) is 0 Å². The molecule has 0 fully saturated rings. The number of Topliss-reactive ketones (excluding diaryl/α,β-unsaturated/α-hetero) is 1. The van der Waals surface area contributed by atoms with Crippen LogP contribution in [0.4, 0.5) is 10.1 Å². The van der Waals surface area contributed by atoms with Crippen molar-refractivity contribution in [2.45, 2.75) is 0 Å². The summed E-state index contributed by atoms with van der Waals surface area (Å²) in [7, 11) is 0. The number of amides is 1. The standard InChI is InChI=1S/C10H5BrFNO3/c11-7-4-5(12)3-6-8(7)13(1-2-14)10(16)9(6)15/h2-4H,1H2. The molecule has 0 N–H and O–H groups in total. The molecule has 1 amide bonds. The molecule has 82 valence electrons. The molecule has 0 aliphatic carbocycles. The molecule has 1 aromatic rings. The first kappa shape index (κ1) is 10.9. The highest BCUT2D eigenvalue weighted by molar-refractivity contribution is 9.10. The maximum atomic E-state index is 13.1. The second-order valence-electron chi connectivity index (χ2n) is 3.20. The van der Waals surface area contributed by atoms with E-state index in [4.69, 9.17) is 0 Å². The number of fused-ring (bicyclic) bond motifs is 1. The zero-order valence-electron chi connectivity index (χ0n) is 7.87. The van der Waals surface area contributed by atoms with Crippen LogP contribution in [0.2, 0.25) is 0 Å². The van der Waals surface area contributed by atoms with Crippen LogP contribution in [0.3, 0.4) is 0 Å². The van der Waals surface area contributed by atoms with Gasteiger partial charge in [0.25, 0.3) is 11.7 Å². The van der Waals surface area contributed by atoms with E-state index in [2.05, 4.69) is 15.9 Å². The number of anilines is 1. The number of hydrogen-bond donors (Lipinski definition) is 0. The van der Waals surface area contributed by atoms with E-state index in [1.165, 1.54) is 0 Å². The largest absolute Gasteiger partial charge is 0.301 e. The monoisotopic (exact) mass is 285 g/mol. The van der Waals surface area contributed by atoms with Gasteiger partial charge >= 0.3 is 0 Å². The van der Waals surface area contributed by atoms with Gasteiger partial charge in [-0.1, -0.05) is 0 Å². The van der Waals surface area contributed by atoms with Crippen molar-refractivity contribution < 1.29 is 18.8 Å². The molecule has 0 spiro atoms. The molecule has 4 nitrogen and oxygen atoms in total. The third-order valence-electron chi connectivity index (χ3n) is 2.24. The Bertz CT molecular complexity index is 515. The van der Waals surface area contributed by atoms with Crippen molar-refractivity contribution in [3.63, 3.8) is 0 Å². The molecular weight excluding hydrogens is 281 g/mol. The zero-order chi connectivity index (χ0) is 11.9. The summed E-state index contributed by atoms with van der Waals surface area (Å²) in [5.74, 6) is -2.22. The Morgan fingerprint density at radius 2 is 2.06 bits per heavy atom. The fraction of sp³-hybridized carbons (Fsp3) is 0.100. The quantitative estimate of drug-likeness (QED) is 0.608. The van der Waals surface area contributed by atoms with Crippen LogP contribution in [0.1, 0.15) is 10.4 Å². The highest BCUT2D eigenvalue weighted by Crippen LogP contribution is 2.36. The van der Waals surface area contributed by atoms with Crippen molar-refractivity contribution in [2.24, 2.45) is 0 Å². The Kier molecular flexibility index (Phi) is 2.59. The molecular formula is C10H5BrFNO3. The van der Waals surface area contributed by atoms with Crippen LogP contribution in [0.25, 0.3) is 0 Å². The summed E-state index contributed by atoms with van der Waals surface area (Å²) < 4.78 is 13.3. The van der Waals surface area contributed by atoms with Gasteiger partial charge in [-0.05, 0) is 28.1 Å². The average molecular weight is 286 g/mol. The highest BCUT2D eigenvalue weighted by Gasteiger charge is 2.37. The highest BCUT2D eigenvalue weighted by atomic mass is 79.9. The predicted molar refractivity (Wildman–Crippen MR) is 56.8 cm³/mol. The van der Waals surface area contributed by atoms with Crippen LogP contribution in [0.15, 0.2) is 16.6 Å². The Morgan fingerprint density at radius 1 is 1.38 bits per heavy atom. The van der Waals surface area contributed by atoms with Gasteiger partial charge in [0, 0.05) is 4.47 Å². The number of carbonyl (C=O) groups excluding carboxylic acids is 3. The number of hydrogen-bond acceptors (Lipinski definition) is 3. The second kappa shape index (κ2) is 3.79. The molecule has 1 aliphatic heterocycles. The fourth-order valence-electron chi connectivity index (χ4n) is 1.60. The number of aldehydes is 1. The number of rotatable bonds is 2. The third-order valence-corrected chi connectivity index (χ3v) is 2.84. The van der Waals surface area contributed by atoms with Gasteiger partial charge < -0.3 is 4.79 Å². The van der Waals surface area contributed by atoms with Gasteiger partial charge in [0.05, 0.1) is 17.8 Å². The lowest BCUT2D eigenvalue weighted by Crippen LogP contribution is -2.31. The van der Waals surface area contributed by atoms with E-state index in [0.717, 1.165) is 17.0 Å². The summed E-state index contributed by atoms with van der Waals surface area (Å²) >= 11 is 3.06. The summed E-state index contributed by atoms with van der Waals surface area (Å²) in [6.07, 6.45) is 0.510. The smallest absolute Gasteiger partial charge is 0.299 e. The number of halogens is 2. The molecule has 0 aromatic heterocycles. The Labute approximate surface area is 98.2 Å². The van der Waals surface area contributed by atoms with Gasteiger partial charge in [-0.3, -0.25) is 14.5 Å². The van der Waals surface area contributed by atoms with Crippen molar-refractivity contribution >= 4 is 39.6 Å². The molecule has 1 aliphatic rings. The van der Waals surface area contributed by atoms with Crippen LogP contribution >= 0.6 is 15.9 Å². The Balaban J connectivity index is 2.65. The number of carbonyl (C=O) groups is 3. The van der Waals surface area contributed by atoms with E-state index < -0.39 is 17.5 Å². The molecule has 1 aromatic carbocycles. The molecule has 0 saturated heterocycles. The summed E-state index contributed by atoms with van der Waals surface area (Å²) in [5, 5.41) is 0. The van der Waals surface area contributed by atoms with Crippen LogP contribution in [0, 0.1) is 5.82 Å². The van der Waals surface area contributed by atoms with Gasteiger partial charge in [0.15, 0.2) is 0 Å². The molecule has 0 radical (unpaired) electrons. The maximum Gasteiger partial charge on any atom is 0.299 e. The van der Waals surface area contributed by atoms with Gasteiger partial charge in [0.2, 0.25) is 0 Å². The Morgan fingerprint density at radius 3 is 2.69 bits per heavy atom. The molecule has 0 unspecified atom stereocenters. The first-order chi connectivity index (χ1) is 7.56. The fourth-order valence-corrected chi connectivity index (χ4v) is 2.25. The first-order valence-corrected chi connectivity index (χ1v) is 5.14. The zero-order valence-corrected chi connectivity index (χ0v) is 9.45. The normalized spacial score (nSPS) is 14.2. The minimum Gasteiger partial charge on any atom is -0.301 e. The van der Waals surface area contributed by atoms with Crippen molar-refractivity contribution in [1.29, 1.82) is 0 Å². The summed E-state index contributed by atoms with van der Waals surface area (Å²) in [6.45, 7) is -0.220. The van der Waals surface area contributed by atoms with E-state index in [1.54, 1.807) is 0 Å². The molecule has 0 bridgehead atoms. The van der Waals surface area contributed by atoms with E-state index in [-0.39, 0.29) is 22.3 Å². The van der Waals surface area contributed by atoms with Gasteiger partial charge in [-0.2, -0.15) is 0 Å². The molecule has 0 atom stereocenters. The number of nitrogens with zero attached hydrogens (tertiary/aromatic N) is 1. The van der Waals surface area contributed by atoms with E-state index in [9.17, 15) is 18.8 Å². The Hall–Kier alpha value is -1.56. The topological polar surface area (TPSA) is 54.5 Å². The molecule has 16 heavy (non-hydrogen) atoms. The van der Waals surface area contributed by atoms with Crippen molar-refractivity contribution in [1.82, 2.24) is 0 Å². The van der Waals surface area contributed by atoms with Crippen LogP contribution in [-0.2, 0) is 9.59 Å². The molecule has 6 heteroatoms. The van der Waals surface area contributed by atoms with Crippen LogP contribution in [0.5, 0.6) is 0 Å². The second-order valence-corrected chi connectivity index (χ2v) is 4.05. The lowest BCUT2D eigenvalue weighted by molar-refractivity contribution is -0.115. The third kappa shape index (κ3) is 1.46. The van der Waals surface area contributed by atoms with E-state index >= 15 is 0 Å². The molecule has 0 saturated carbocycles. The minimum atomic E-state index is -0.812. The number of benzene rings is 1. The minimum absolute atomic E-state index is 0.0151. The van der Waals surface area contributed by atoms with E-state index in [0.29, 0.717) is 6.29 Å². The lowest BCUT2D eigenvalue weighted by Gasteiger charge is -2.13. The SMILES string of the molecule is O=CCN1C(=O)C(=O)c2cc(F)cc(Br)c21. The average Bonchev–Trinajstić information content (AvgIpc) is 2.44. The van der Waals surface area contributed by atoms with Crippen LogP contribution < -0.4 is 4.90 Å². The first-order valence-electron chi connectivity index (χ1n) is 4.35. The summed E-state index contributed by atoms with van der Waals surface area (Å²) in [6, 6.07) is 2.13. The lowest BCUT2D eigenvalue weighted by atomic mass is 10.1. The molecule has 2 rings (SSSR count). The van der Waals surface area contributed by atoms with E-state index in [1.807, 2.05) is 0 Å². The van der Waals surface area contributed by atoms with Gasteiger partial charge in [-0.25, -0.2) is 4.39 Å². The van der Waals surface area contributed by atoms with Gasteiger partial charge in [-0.15, -0.1) is 0 Å². The van der Waals surface area contributed by atoms with Crippen molar-refractivity contribution in [2.75, 3.05) is 11.4 Å². The van der Waals surface area contributed by atoms with Crippen molar-refractivity contribution in [3.05, 3.63) is 28.0 Å². The summed E-state index contributed by atoms with van der Waals surface area (Å²) in [4.78, 5) is 34.4.